The van der Waals surface area contributed by atoms with Crippen LogP contribution in [-0.4, -0.2) is 25.0 Å². The van der Waals surface area contributed by atoms with Crippen molar-refractivity contribution >= 4 is 33.7 Å². The first-order valence-corrected chi connectivity index (χ1v) is 8.36. The van der Waals surface area contributed by atoms with Gasteiger partial charge in [-0.3, -0.25) is 18.9 Å². The average Bonchev–Trinajstić information content (AvgIpc) is 2.93. The normalized spacial score (nSPS) is 11.1. The van der Waals surface area contributed by atoms with Crippen molar-refractivity contribution in [3.05, 3.63) is 65.3 Å². The maximum absolute atomic E-state index is 12.6. The summed E-state index contributed by atoms with van der Waals surface area (Å²) in [6.45, 7) is 2.30. The van der Waals surface area contributed by atoms with E-state index in [1.807, 2.05) is 37.3 Å². The quantitative estimate of drug-likeness (QED) is 0.615. The van der Waals surface area contributed by atoms with Gasteiger partial charge >= 0.3 is 5.69 Å². The van der Waals surface area contributed by atoms with Crippen LogP contribution in [0.2, 0.25) is 0 Å². The van der Waals surface area contributed by atoms with Crippen LogP contribution in [0.15, 0.2) is 59.7 Å². The van der Waals surface area contributed by atoms with Crippen LogP contribution in [0.5, 0.6) is 0 Å². The van der Waals surface area contributed by atoms with Crippen molar-refractivity contribution in [1.82, 2.24) is 19.1 Å². The van der Waals surface area contributed by atoms with Gasteiger partial charge in [-0.2, -0.15) is 0 Å². The summed E-state index contributed by atoms with van der Waals surface area (Å²) in [5.74, 6) is -0.276. The van der Waals surface area contributed by atoms with Crippen molar-refractivity contribution in [3.8, 4) is 0 Å². The van der Waals surface area contributed by atoms with Crippen molar-refractivity contribution in [2.75, 3.05) is 5.32 Å². The third-order valence-corrected chi connectivity index (χ3v) is 4.31. The van der Waals surface area contributed by atoms with Gasteiger partial charge < -0.3 is 5.32 Å². The second-order valence-electron chi connectivity index (χ2n) is 5.88. The maximum Gasteiger partial charge on any atom is 0.330 e. The molecule has 4 rings (SSSR count). The Morgan fingerprint density at radius 1 is 1.04 bits per heavy atom. The lowest BCUT2D eigenvalue weighted by atomic mass is 10.2. The lowest BCUT2D eigenvalue weighted by molar-refractivity contribution is -0.116. The van der Waals surface area contributed by atoms with Crippen LogP contribution in [-0.2, 0) is 17.9 Å². The smallest absolute Gasteiger partial charge is 0.324 e. The van der Waals surface area contributed by atoms with Gasteiger partial charge in [0, 0.05) is 24.3 Å². The molecule has 4 aromatic rings. The molecule has 130 valence electrons. The Morgan fingerprint density at radius 2 is 1.85 bits per heavy atom. The molecule has 1 N–H and O–H groups in total. The molecule has 0 spiro atoms. The zero-order chi connectivity index (χ0) is 18.1. The van der Waals surface area contributed by atoms with E-state index in [1.165, 1.54) is 4.57 Å². The Morgan fingerprint density at radius 3 is 2.69 bits per heavy atom. The summed E-state index contributed by atoms with van der Waals surface area (Å²) in [5, 5.41) is 3.74. The van der Waals surface area contributed by atoms with E-state index in [0.29, 0.717) is 23.4 Å². The molecule has 0 aliphatic heterocycles. The largest absolute Gasteiger partial charge is 0.330 e. The highest BCUT2D eigenvalue weighted by Crippen LogP contribution is 2.21. The molecule has 0 aliphatic rings. The van der Waals surface area contributed by atoms with Gasteiger partial charge in [-0.1, -0.05) is 6.07 Å². The molecule has 0 radical (unpaired) electrons. The predicted molar refractivity (Wildman–Crippen MR) is 100 cm³/mol. The molecule has 7 nitrogen and oxygen atoms in total. The summed E-state index contributed by atoms with van der Waals surface area (Å²) in [4.78, 5) is 33.8. The predicted octanol–water partition coefficient (Wildman–Crippen LogP) is 2.40. The van der Waals surface area contributed by atoms with Gasteiger partial charge in [0.1, 0.15) is 6.54 Å². The fraction of sp³-hybridized carbons (Fsp3) is 0.158. The number of fused-ring (bicyclic) bond motifs is 2. The Bertz CT molecular complexity index is 1170. The first-order valence-electron chi connectivity index (χ1n) is 8.36. The minimum Gasteiger partial charge on any atom is -0.324 e. The topological polar surface area (TPSA) is 81.8 Å². The van der Waals surface area contributed by atoms with Gasteiger partial charge in [0.2, 0.25) is 5.91 Å². The number of benzene rings is 1. The lowest BCUT2D eigenvalue weighted by Crippen LogP contribution is -2.29. The van der Waals surface area contributed by atoms with Crippen LogP contribution < -0.4 is 11.0 Å². The molecule has 0 atom stereocenters. The monoisotopic (exact) mass is 347 g/mol. The second-order valence-corrected chi connectivity index (χ2v) is 5.88. The molecule has 7 heteroatoms. The summed E-state index contributed by atoms with van der Waals surface area (Å²) in [6.07, 6.45) is 3.35. The van der Waals surface area contributed by atoms with Crippen LogP contribution in [0, 0.1) is 0 Å². The fourth-order valence-electron chi connectivity index (χ4n) is 3.13. The van der Waals surface area contributed by atoms with Crippen molar-refractivity contribution in [2.24, 2.45) is 0 Å². The molecule has 3 heterocycles. The number of aryl methyl sites for hydroxylation is 1. The molecular weight excluding hydrogens is 330 g/mol. The number of nitrogens with zero attached hydrogens (tertiary/aromatic N) is 4. The third-order valence-electron chi connectivity index (χ3n) is 4.31. The number of rotatable bonds is 4. The molecule has 26 heavy (non-hydrogen) atoms. The molecule has 0 bridgehead atoms. The van der Waals surface area contributed by atoms with E-state index < -0.39 is 0 Å². The fourth-order valence-corrected chi connectivity index (χ4v) is 3.13. The zero-order valence-corrected chi connectivity index (χ0v) is 14.2. The van der Waals surface area contributed by atoms with E-state index in [9.17, 15) is 9.59 Å². The third kappa shape index (κ3) is 2.63. The van der Waals surface area contributed by atoms with Gasteiger partial charge in [0.25, 0.3) is 0 Å². The first-order chi connectivity index (χ1) is 12.7. The Balaban J connectivity index is 1.68. The Labute approximate surface area is 148 Å². The van der Waals surface area contributed by atoms with E-state index >= 15 is 0 Å². The van der Waals surface area contributed by atoms with Crippen molar-refractivity contribution in [3.63, 3.8) is 0 Å². The summed E-state index contributed by atoms with van der Waals surface area (Å²) in [6, 6.07) is 12.8. The van der Waals surface area contributed by atoms with Crippen molar-refractivity contribution < 1.29 is 4.79 Å². The number of anilines is 1. The highest BCUT2D eigenvalue weighted by molar-refractivity contribution is 6.01. The number of imidazole rings is 1. The lowest BCUT2D eigenvalue weighted by Gasteiger charge is -2.09. The number of amides is 1. The average molecular weight is 347 g/mol. The molecule has 0 saturated carbocycles. The molecule has 1 amide bonds. The van der Waals surface area contributed by atoms with Gasteiger partial charge in [0.15, 0.2) is 5.65 Å². The van der Waals surface area contributed by atoms with Crippen LogP contribution in [0.3, 0.4) is 0 Å². The van der Waals surface area contributed by atoms with Gasteiger partial charge in [-0.05, 0) is 43.3 Å². The SMILES string of the molecule is CCn1c(=O)n(CC(=O)Nc2cccc3ncccc23)c2cccnc21. The molecule has 0 fully saturated rings. The number of carbonyl (C=O) groups excluding carboxylic acids is 1. The van der Waals surface area contributed by atoms with E-state index in [2.05, 4.69) is 15.3 Å². The molecule has 3 aromatic heterocycles. The number of nitrogens with one attached hydrogen (secondary N) is 1. The minimum atomic E-state index is -0.276. The minimum absolute atomic E-state index is 0.0787. The Hall–Kier alpha value is -3.48. The summed E-state index contributed by atoms with van der Waals surface area (Å²) >= 11 is 0. The van der Waals surface area contributed by atoms with Crippen molar-refractivity contribution in [1.29, 1.82) is 0 Å². The van der Waals surface area contributed by atoms with E-state index in [1.54, 1.807) is 29.1 Å². The maximum atomic E-state index is 12.6. The number of pyridine rings is 2. The van der Waals surface area contributed by atoms with Gasteiger partial charge in [-0.25, -0.2) is 9.78 Å². The summed E-state index contributed by atoms with van der Waals surface area (Å²) < 4.78 is 3.01. The second kappa shape index (κ2) is 6.44. The van der Waals surface area contributed by atoms with Gasteiger partial charge in [0.05, 0.1) is 16.7 Å². The Kier molecular flexibility index (Phi) is 3.96. The molecule has 0 aliphatic carbocycles. The first kappa shape index (κ1) is 16.0. The zero-order valence-electron chi connectivity index (χ0n) is 14.2. The summed E-state index contributed by atoms with van der Waals surface area (Å²) in [7, 11) is 0. The van der Waals surface area contributed by atoms with Crippen LogP contribution in [0.4, 0.5) is 5.69 Å². The van der Waals surface area contributed by atoms with Gasteiger partial charge in [-0.15, -0.1) is 0 Å². The number of hydrogen-bond acceptors (Lipinski definition) is 4. The molecule has 0 unspecified atom stereocenters. The number of carbonyl (C=O) groups is 1. The molecular formula is C19H17N5O2. The van der Waals surface area contributed by atoms with E-state index in [0.717, 1.165) is 10.9 Å². The highest BCUT2D eigenvalue weighted by atomic mass is 16.2. The van der Waals surface area contributed by atoms with Crippen LogP contribution in [0.1, 0.15) is 6.92 Å². The van der Waals surface area contributed by atoms with Crippen molar-refractivity contribution in [2.45, 2.75) is 20.0 Å². The van der Waals surface area contributed by atoms with E-state index in [4.69, 9.17) is 0 Å². The highest BCUT2D eigenvalue weighted by Gasteiger charge is 2.16. The molecule has 1 aromatic carbocycles. The number of aromatic nitrogens is 4. The number of hydrogen-bond donors (Lipinski definition) is 1. The summed E-state index contributed by atoms with van der Waals surface area (Å²) in [5.41, 5.74) is 2.47. The van der Waals surface area contributed by atoms with E-state index in [-0.39, 0.29) is 18.1 Å². The van der Waals surface area contributed by atoms with Crippen LogP contribution >= 0.6 is 0 Å². The standard InChI is InChI=1S/C19H17N5O2/c1-2-23-18-16(9-5-11-21-18)24(19(23)26)12-17(25)22-15-8-3-7-14-13(15)6-4-10-20-14/h3-11H,2,12H2,1H3,(H,22,25). The molecule has 0 saturated heterocycles. The van der Waals surface area contributed by atoms with Crippen LogP contribution in [0.25, 0.3) is 22.1 Å².